The molecule has 1 aliphatic rings. The Kier molecular flexibility index (Phi) is 6.43. The van der Waals surface area contributed by atoms with Crippen molar-refractivity contribution in [2.24, 2.45) is 0 Å². The van der Waals surface area contributed by atoms with E-state index in [0.717, 1.165) is 31.4 Å². The fraction of sp³-hybridized carbons (Fsp3) is 0.533. The van der Waals surface area contributed by atoms with Crippen LogP contribution in [0.3, 0.4) is 0 Å². The van der Waals surface area contributed by atoms with Gasteiger partial charge in [0, 0.05) is 0 Å². The second-order valence-electron chi connectivity index (χ2n) is 5.24. The largest absolute Gasteiger partial charge is 0.348 e. The number of halogens is 2. The monoisotopic (exact) mass is 300 g/mol. The minimum atomic E-state index is -0.227. The number of hydrogen-bond donors (Lipinski definition) is 2. The van der Waals surface area contributed by atoms with Crippen molar-refractivity contribution in [1.29, 1.82) is 0 Å². The maximum atomic E-state index is 13.5. The van der Waals surface area contributed by atoms with Gasteiger partial charge in [-0.2, -0.15) is 0 Å². The van der Waals surface area contributed by atoms with E-state index in [1.54, 1.807) is 13.0 Å². The van der Waals surface area contributed by atoms with Crippen LogP contribution in [0.25, 0.3) is 0 Å². The molecule has 1 aromatic carbocycles. The molecule has 5 heteroatoms. The number of rotatable bonds is 3. The normalized spacial score (nSPS) is 19.9. The van der Waals surface area contributed by atoms with E-state index in [2.05, 4.69) is 10.6 Å². The van der Waals surface area contributed by atoms with Gasteiger partial charge < -0.3 is 10.6 Å². The summed E-state index contributed by atoms with van der Waals surface area (Å²) in [6, 6.07) is 4.82. The summed E-state index contributed by atoms with van der Waals surface area (Å²) in [6.07, 6.45) is 3.09. The summed E-state index contributed by atoms with van der Waals surface area (Å²) in [5.41, 5.74) is 1.42. The van der Waals surface area contributed by atoms with Crippen LogP contribution >= 0.6 is 12.4 Å². The van der Waals surface area contributed by atoms with Gasteiger partial charge in [-0.15, -0.1) is 12.4 Å². The van der Waals surface area contributed by atoms with E-state index in [-0.39, 0.29) is 36.2 Å². The van der Waals surface area contributed by atoms with Gasteiger partial charge in [0.05, 0.1) is 12.1 Å². The average Bonchev–Trinajstić information content (AvgIpc) is 2.42. The molecule has 1 saturated heterocycles. The van der Waals surface area contributed by atoms with Crippen LogP contribution in [0.15, 0.2) is 18.2 Å². The molecule has 2 rings (SSSR count). The molecule has 112 valence electrons. The van der Waals surface area contributed by atoms with E-state index in [9.17, 15) is 9.18 Å². The first-order valence-electron chi connectivity index (χ1n) is 6.87. The molecule has 0 aliphatic carbocycles. The second-order valence-corrected chi connectivity index (χ2v) is 5.24. The molecule has 1 unspecified atom stereocenters. The number of carbonyl (C=O) groups is 1. The minimum Gasteiger partial charge on any atom is -0.348 e. The van der Waals surface area contributed by atoms with Crippen molar-refractivity contribution in [3.05, 3.63) is 35.1 Å². The fourth-order valence-electron chi connectivity index (χ4n) is 2.35. The molecule has 1 aromatic rings. The Morgan fingerprint density at radius 2 is 2.20 bits per heavy atom. The average molecular weight is 301 g/mol. The summed E-state index contributed by atoms with van der Waals surface area (Å²) in [5, 5.41) is 6.15. The van der Waals surface area contributed by atoms with Gasteiger partial charge >= 0.3 is 0 Å². The number of aryl methyl sites for hydroxylation is 1. The van der Waals surface area contributed by atoms with Crippen molar-refractivity contribution < 1.29 is 9.18 Å². The Balaban J connectivity index is 0.00000200. The van der Waals surface area contributed by atoms with E-state index in [0.29, 0.717) is 5.56 Å². The molecule has 0 saturated carbocycles. The van der Waals surface area contributed by atoms with Gasteiger partial charge in [-0.3, -0.25) is 4.79 Å². The van der Waals surface area contributed by atoms with Gasteiger partial charge in [0.25, 0.3) is 0 Å². The first-order chi connectivity index (χ1) is 9.08. The van der Waals surface area contributed by atoms with E-state index in [4.69, 9.17) is 0 Å². The van der Waals surface area contributed by atoms with E-state index in [1.165, 1.54) is 6.07 Å². The summed E-state index contributed by atoms with van der Waals surface area (Å²) < 4.78 is 13.5. The van der Waals surface area contributed by atoms with Crippen LogP contribution in [0.1, 0.15) is 43.4 Å². The molecule has 0 radical (unpaired) electrons. The lowest BCUT2D eigenvalue weighted by Crippen LogP contribution is -2.47. The number of benzene rings is 1. The van der Waals surface area contributed by atoms with Crippen molar-refractivity contribution in [1.82, 2.24) is 10.6 Å². The van der Waals surface area contributed by atoms with Crippen LogP contribution < -0.4 is 10.6 Å². The topological polar surface area (TPSA) is 41.1 Å². The second kappa shape index (κ2) is 7.60. The van der Waals surface area contributed by atoms with Crippen molar-refractivity contribution >= 4 is 18.3 Å². The lowest BCUT2D eigenvalue weighted by Gasteiger charge is -2.24. The number of amides is 1. The fourth-order valence-corrected chi connectivity index (χ4v) is 2.35. The van der Waals surface area contributed by atoms with Crippen LogP contribution in [0.5, 0.6) is 0 Å². The van der Waals surface area contributed by atoms with Crippen molar-refractivity contribution in [3.8, 4) is 0 Å². The zero-order valence-electron chi connectivity index (χ0n) is 11.9. The third-order valence-corrected chi connectivity index (χ3v) is 3.68. The third-order valence-electron chi connectivity index (χ3n) is 3.68. The maximum Gasteiger partial charge on any atom is 0.237 e. The Hall–Kier alpha value is -1.13. The lowest BCUT2D eigenvalue weighted by atomic mass is 10.0. The highest BCUT2D eigenvalue weighted by atomic mass is 35.5. The minimum absolute atomic E-state index is 0. The van der Waals surface area contributed by atoms with Gasteiger partial charge in [0.15, 0.2) is 0 Å². The summed E-state index contributed by atoms with van der Waals surface area (Å²) in [5.74, 6) is -0.220. The molecule has 0 bridgehead atoms. The van der Waals surface area contributed by atoms with Crippen LogP contribution in [-0.2, 0) is 4.79 Å². The third kappa shape index (κ3) is 4.18. The molecular weight excluding hydrogens is 279 g/mol. The van der Waals surface area contributed by atoms with Crippen molar-refractivity contribution in [3.63, 3.8) is 0 Å². The van der Waals surface area contributed by atoms with Crippen LogP contribution in [0.4, 0.5) is 4.39 Å². The number of carbonyl (C=O) groups excluding carboxylic acids is 1. The molecular formula is C15H22ClFN2O. The van der Waals surface area contributed by atoms with Gasteiger partial charge in [-0.25, -0.2) is 4.39 Å². The molecule has 0 spiro atoms. The van der Waals surface area contributed by atoms with Gasteiger partial charge in [0.2, 0.25) is 5.91 Å². The van der Waals surface area contributed by atoms with Crippen molar-refractivity contribution in [2.75, 3.05) is 6.54 Å². The smallest absolute Gasteiger partial charge is 0.237 e. The standard InChI is InChI=1S/C15H21FN2O.ClH/c1-10-6-7-12(9-13(10)16)11(2)18-15(19)14-5-3-4-8-17-14;/h6-7,9,11,14,17H,3-5,8H2,1-2H3,(H,18,19);1H/t11?,14-;/m1./s1. The van der Waals surface area contributed by atoms with E-state index in [1.807, 2.05) is 13.0 Å². The molecule has 0 aromatic heterocycles. The maximum absolute atomic E-state index is 13.5. The van der Waals surface area contributed by atoms with Crippen LogP contribution in [0, 0.1) is 12.7 Å². The highest BCUT2D eigenvalue weighted by Crippen LogP contribution is 2.17. The lowest BCUT2D eigenvalue weighted by molar-refractivity contribution is -0.124. The zero-order valence-corrected chi connectivity index (χ0v) is 12.7. The SMILES string of the molecule is Cc1ccc(C(C)NC(=O)[C@H]2CCCCN2)cc1F.Cl. The van der Waals surface area contributed by atoms with Crippen LogP contribution in [0.2, 0.25) is 0 Å². The molecule has 1 amide bonds. The molecule has 2 atom stereocenters. The summed E-state index contributed by atoms with van der Waals surface area (Å²) in [7, 11) is 0. The molecule has 2 N–H and O–H groups in total. The highest BCUT2D eigenvalue weighted by Gasteiger charge is 2.22. The van der Waals surface area contributed by atoms with Crippen LogP contribution in [-0.4, -0.2) is 18.5 Å². The van der Waals surface area contributed by atoms with Gasteiger partial charge in [0.1, 0.15) is 5.82 Å². The molecule has 20 heavy (non-hydrogen) atoms. The summed E-state index contributed by atoms with van der Waals surface area (Å²) in [4.78, 5) is 12.1. The number of nitrogens with one attached hydrogen (secondary N) is 2. The predicted molar refractivity (Wildman–Crippen MR) is 80.6 cm³/mol. The summed E-state index contributed by atoms with van der Waals surface area (Å²) in [6.45, 7) is 4.50. The van der Waals surface area contributed by atoms with Gasteiger partial charge in [-0.05, 0) is 50.4 Å². The first-order valence-corrected chi connectivity index (χ1v) is 6.87. The quantitative estimate of drug-likeness (QED) is 0.901. The van der Waals surface area contributed by atoms with Crippen molar-refractivity contribution in [2.45, 2.75) is 45.2 Å². The molecule has 1 fully saturated rings. The number of hydrogen-bond acceptors (Lipinski definition) is 2. The molecule has 1 heterocycles. The van der Waals surface area contributed by atoms with E-state index < -0.39 is 0 Å². The Morgan fingerprint density at radius 3 is 2.80 bits per heavy atom. The van der Waals surface area contributed by atoms with E-state index >= 15 is 0 Å². The summed E-state index contributed by atoms with van der Waals surface area (Å²) >= 11 is 0. The first kappa shape index (κ1) is 16.9. The Labute approximate surface area is 125 Å². The Morgan fingerprint density at radius 1 is 1.45 bits per heavy atom. The van der Waals surface area contributed by atoms with Gasteiger partial charge in [-0.1, -0.05) is 18.6 Å². The molecule has 1 aliphatic heterocycles. The Bertz CT molecular complexity index is 461. The molecule has 3 nitrogen and oxygen atoms in total. The highest BCUT2D eigenvalue weighted by molar-refractivity contribution is 5.85. The predicted octanol–water partition coefficient (Wildman–Crippen LogP) is 2.88. The zero-order chi connectivity index (χ0) is 13.8. The number of piperidine rings is 1.